The predicted molar refractivity (Wildman–Crippen MR) is 77.2 cm³/mol. The third-order valence-corrected chi connectivity index (χ3v) is 4.24. The molecule has 1 atom stereocenters. The number of hydrogen-bond donors (Lipinski definition) is 1. The Hall–Kier alpha value is -0.870. The summed E-state index contributed by atoms with van der Waals surface area (Å²) < 4.78 is 5.21. The van der Waals surface area contributed by atoms with E-state index in [9.17, 15) is 0 Å². The van der Waals surface area contributed by atoms with Crippen LogP contribution in [-0.4, -0.2) is 35.2 Å². The normalized spacial score (nSPS) is 21.8. The summed E-state index contributed by atoms with van der Waals surface area (Å²) in [6, 6.07) is 1.29. The van der Waals surface area contributed by atoms with Crippen molar-refractivity contribution >= 4 is 0 Å². The first-order chi connectivity index (χ1) is 9.08. The molecule has 0 saturated carbocycles. The first-order valence-corrected chi connectivity index (χ1v) is 7.47. The van der Waals surface area contributed by atoms with Crippen molar-refractivity contribution in [1.82, 2.24) is 15.4 Å². The first-order valence-electron chi connectivity index (χ1n) is 7.47. The summed E-state index contributed by atoms with van der Waals surface area (Å²) in [6.07, 6.45) is 3.80. The van der Waals surface area contributed by atoms with E-state index < -0.39 is 0 Å². The van der Waals surface area contributed by atoms with Crippen LogP contribution in [0.25, 0.3) is 0 Å². The Kier molecular flexibility index (Phi) is 4.99. The Labute approximate surface area is 116 Å². The minimum atomic E-state index is 0.623. The molecule has 0 radical (unpaired) electrons. The molecule has 1 aliphatic rings. The molecule has 1 unspecified atom stereocenters. The maximum absolute atomic E-state index is 5.21. The average Bonchev–Trinajstić information content (AvgIpc) is 2.58. The topological polar surface area (TPSA) is 41.3 Å². The molecule has 2 rings (SSSR count). The predicted octanol–water partition coefficient (Wildman–Crippen LogP) is 2.64. The van der Waals surface area contributed by atoms with E-state index in [2.05, 4.69) is 29.2 Å². The van der Waals surface area contributed by atoms with Gasteiger partial charge in [0.15, 0.2) is 0 Å². The second-order valence-corrected chi connectivity index (χ2v) is 5.94. The van der Waals surface area contributed by atoms with E-state index in [1.54, 1.807) is 0 Å². The molecular formula is C15H27N3O. The average molecular weight is 265 g/mol. The third-order valence-electron chi connectivity index (χ3n) is 4.24. The Bertz CT molecular complexity index is 381. The van der Waals surface area contributed by atoms with Crippen LogP contribution in [0, 0.1) is 13.8 Å². The van der Waals surface area contributed by atoms with Gasteiger partial charge in [0, 0.05) is 24.2 Å². The molecule has 1 saturated heterocycles. The van der Waals surface area contributed by atoms with Gasteiger partial charge in [0.1, 0.15) is 5.76 Å². The molecule has 0 amide bonds. The molecule has 0 spiro atoms. The van der Waals surface area contributed by atoms with Crippen LogP contribution in [0.4, 0.5) is 0 Å². The molecule has 0 bridgehead atoms. The Morgan fingerprint density at radius 3 is 2.74 bits per heavy atom. The molecule has 1 N–H and O–H groups in total. The van der Waals surface area contributed by atoms with Crippen molar-refractivity contribution in [3.8, 4) is 0 Å². The van der Waals surface area contributed by atoms with Gasteiger partial charge in [-0.1, -0.05) is 5.16 Å². The SMILES string of the molecule is Cc1noc(C)c1CNC1CCCN(C(C)C)CC1. The fraction of sp³-hybridized carbons (Fsp3) is 0.800. The van der Waals surface area contributed by atoms with E-state index in [1.807, 2.05) is 13.8 Å². The van der Waals surface area contributed by atoms with Crippen LogP contribution < -0.4 is 5.32 Å². The monoisotopic (exact) mass is 265 g/mol. The highest BCUT2D eigenvalue weighted by Crippen LogP contribution is 2.16. The van der Waals surface area contributed by atoms with Crippen LogP contribution >= 0.6 is 0 Å². The van der Waals surface area contributed by atoms with Gasteiger partial charge in [-0.05, 0) is 60.0 Å². The minimum absolute atomic E-state index is 0.623. The van der Waals surface area contributed by atoms with Gasteiger partial charge in [-0.3, -0.25) is 0 Å². The number of likely N-dealkylation sites (tertiary alicyclic amines) is 1. The van der Waals surface area contributed by atoms with Gasteiger partial charge in [0.2, 0.25) is 0 Å². The zero-order valence-corrected chi connectivity index (χ0v) is 12.7. The van der Waals surface area contributed by atoms with E-state index in [4.69, 9.17) is 4.52 Å². The van der Waals surface area contributed by atoms with Crippen LogP contribution in [0.15, 0.2) is 4.52 Å². The van der Waals surface area contributed by atoms with Crippen molar-refractivity contribution < 1.29 is 4.52 Å². The summed E-state index contributed by atoms with van der Waals surface area (Å²) >= 11 is 0. The van der Waals surface area contributed by atoms with Crippen molar-refractivity contribution in [2.75, 3.05) is 13.1 Å². The number of nitrogens with one attached hydrogen (secondary N) is 1. The summed E-state index contributed by atoms with van der Waals surface area (Å²) in [5.41, 5.74) is 2.24. The molecule has 1 aromatic rings. The van der Waals surface area contributed by atoms with Gasteiger partial charge in [-0.15, -0.1) is 0 Å². The number of aryl methyl sites for hydroxylation is 2. The number of nitrogens with zero attached hydrogens (tertiary/aromatic N) is 2. The van der Waals surface area contributed by atoms with Crippen molar-refractivity contribution in [3.63, 3.8) is 0 Å². The fourth-order valence-electron chi connectivity index (χ4n) is 2.84. The van der Waals surface area contributed by atoms with Crippen LogP contribution in [0.2, 0.25) is 0 Å². The molecule has 19 heavy (non-hydrogen) atoms. The third kappa shape index (κ3) is 3.80. The van der Waals surface area contributed by atoms with Crippen LogP contribution in [0.3, 0.4) is 0 Å². The van der Waals surface area contributed by atoms with E-state index in [1.165, 1.54) is 37.9 Å². The van der Waals surface area contributed by atoms with Gasteiger partial charge in [-0.25, -0.2) is 0 Å². The second-order valence-electron chi connectivity index (χ2n) is 5.94. The number of hydrogen-bond acceptors (Lipinski definition) is 4. The fourth-order valence-corrected chi connectivity index (χ4v) is 2.84. The van der Waals surface area contributed by atoms with E-state index >= 15 is 0 Å². The van der Waals surface area contributed by atoms with Crippen LogP contribution in [0.5, 0.6) is 0 Å². The van der Waals surface area contributed by atoms with Crippen molar-refractivity contribution in [3.05, 3.63) is 17.0 Å². The maximum Gasteiger partial charge on any atom is 0.138 e. The second kappa shape index (κ2) is 6.53. The van der Waals surface area contributed by atoms with Crippen molar-refractivity contribution in [2.24, 2.45) is 0 Å². The zero-order valence-electron chi connectivity index (χ0n) is 12.7. The molecule has 108 valence electrons. The summed E-state index contributed by atoms with van der Waals surface area (Å²) in [7, 11) is 0. The van der Waals surface area contributed by atoms with Gasteiger partial charge < -0.3 is 14.7 Å². The molecule has 0 aliphatic carbocycles. The van der Waals surface area contributed by atoms with E-state index in [0.29, 0.717) is 12.1 Å². The first kappa shape index (κ1) is 14.5. The summed E-state index contributed by atoms with van der Waals surface area (Å²) in [4.78, 5) is 2.58. The van der Waals surface area contributed by atoms with E-state index in [-0.39, 0.29) is 0 Å². The molecule has 0 aromatic carbocycles. The standard InChI is InChI=1S/C15H27N3O/c1-11(2)18-8-5-6-14(7-9-18)16-10-15-12(3)17-19-13(15)4/h11,14,16H,5-10H2,1-4H3. The Balaban J connectivity index is 1.84. The van der Waals surface area contributed by atoms with Crippen molar-refractivity contribution in [2.45, 2.75) is 65.6 Å². The van der Waals surface area contributed by atoms with Gasteiger partial charge in [0.25, 0.3) is 0 Å². The number of aromatic nitrogens is 1. The van der Waals surface area contributed by atoms with Crippen molar-refractivity contribution in [1.29, 1.82) is 0 Å². The van der Waals surface area contributed by atoms with Gasteiger partial charge in [-0.2, -0.15) is 0 Å². The highest BCUT2D eigenvalue weighted by molar-refractivity contribution is 5.20. The van der Waals surface area contributed by atoms with Gasteiger partial charge >= 0.3 is 0 Å². The maximum atomic E-state index is 5.21. The molecule has 1 aliphatic heterocycles. The lowest BCUT2D eigenvalue weighted by Gasteiger charge is -2.24. The van der Waals surface area contributed by atoms with Crippen LogP contribution in [0.1, 0.15) is 50.1 Å². The van der Waals surface area contributed by atoms with Crippen LogP contribution in [-0.2, 0) is 6.54 Å². The molecule has 2 heterocycles. The molecule has 4 heteroatoms. The Morgan fingerprint density at radius 1 is 1.32 bits per heavy atom. The summed E-state index contributed by atoms with van der Waals surface area (Å²) in [5.74, 6) is 0.947. The molecule has 4 nitrogen and oxygen atoms in total. The quantitative estimate of drug-likeness (QED) is 0.908. The Morgan fingerprint density at radius 2 is 2.11 bits per heavy atom. The summed E-state index contributed by atoms with van der Waals surface area (Å²) in [6.45, 7) is 11.9. The van der Waals surface area contributed by atoms with Gasteiger partial charge in [0.05, 0.1) is 5.69 Å². The zero-order chi connectivity index (χ0) is 13.8. The smallest absolute Gasteiger partial charge is 0.138 e. The highest BCUT2D eigenvalue weighted by Gasteiger charge is 2.19. The lowest BCUT2D eigenvalue weighted by molar-refractivity contribution is 0.229. The largest absolute Gasteiger partial charge is 0.361 e. The lowest BCUT2D eigenvalue weighted by Crippen LogP contribution is -2.33. The summed E-state index contributed by atoms with van der Waals surface area (Å²) in [5, 5.41) is 7.69. The lowest BCUT2D eigenvalue weighted by atomic mass is 10.1. The number of rotatable bonds is 4. The molecule has 1 fully saturated rings. The molecule has 1 aromatic heterocycles. The van der Waals surface area contributed by atoms with E-state index in [0.717, 1.165) is 18.0 Å². The minimum Gasteiger partial charge on any atom is -0.361 e. The highest BCUT2D eigenvalue weighted by atomic mass is 16.5. The molecular weight excluding hydrogens is 238 g/mol.